The first-order valence-electron chi connectivity index (χ1n) is 6.88. The van der Waals surface area contributed by atoms with Gasteiger partial charge in [0.2, 0.25) is 0 Å². The fourth-order valence-corrected chi connectivity index (χ4v) is 2.34. The third-order valence-electron chi connectivity index (χ3n) is 3.31. The van der Waals surface area contributed by atoms with Crippen LogP contribution in [0.25, 0.3) is 10.9 Å². The summed E-state index contributed by atoms with van der Waals surface area (Å²) in [6, 6.07) is 12.3. The highest BCUT2D eigenvalue weighted by Crippen LogP contribution is 2.26. The number of aromatic nitrogens is 1. The van der Waals surface area contributed by atoms with E-state index in [1.807, 2.05) is 18.2 Å². The Morgan fingerprint density at radius 1 is 1.22 bits per heavy atom. The molecule has 0 atom stereocenters. The highest BCUT2D eigenvalue weighted by atomic mass is 35.5. The number of fused-ring (bicyclic) bond motifs is 1. The lowest BCUT2D eigenvalue weighted by Crippen LogP contribution is -1.93. The van der Waals surface area contributed by atoms with Crippen molar-refractivity contribution in [1.82, 2.24) is 4.98 Å². The van der Waals surface area contributed by atoms with E-state index in [9.17, 15) is 5.11 Å². The predicted molar refractivity (Wildman–Crippen MR) is 92.6 cm³/mol. The molecule has 3 aromatic rings. The van der Waals surface area contributed by atoms with Crippen LogP contribution < -0.4 is 10.2 Å². The van der Waals surface area contributed by atoms with E-state index in [0.29, 0.717) is 10.8 Å². The number of ether oxygens (including phenoxy) is 1. The molecular weight excluding hydrogens is 314 g/mol. The van der Waals surface area contributed by atoms with Gasteiger partial charge in [-0.05, 0) is 48.0 Å². The zero-order valence-electron chi connectivity index (χ0n) is 12.3. The number of hydrogen-bond acceptors (Lipinski definition) is 5. The summed E-state index contributed by atoms with van der Waals surface area (Å²) in [6.07, 6.45) is 3.34. The van der Waals surface area contributed by atoms with E-state index in [-0.39, 0.29) is 5.75 Å². The number of methoxy groups -OCH3 is 1. The first kappa shape index (κ1) is 15.1. The van der Waals surface area contributed by atoms with E-state index in [1.54, 1.807) is 36.7 Å². The predicted octanol–water partition coefficient (Wildman–Crippen LogP) is 4.05. The normalized spacial score (nSPS) is 11.0. The minimum Gasteiger partial charge on any atom is -0.504 e. The summed E-state index contributed by atoms with van der Waals surface area (Å²) in [4.78, 5) is 4.28. The summed E-state index contributed by atoms with van der Waals surface area (Å²) in [5, 5.41) is 15.4. The largest absolute Gasteiger partial charge is 0.504 e. The molecule has 116 valence electrons. The molecule has 0 amide bonds. The van der Waals surface area contributed by atoms with Crippen LogP contribution in [0.3, 0.4) is 0 Å². The zero-order valence-corrected chi connectivity index (χ0v) is 13.1. The van der Waals surface area contributed by atoms with Crippen molar-refractivity contribution in [2.75, 3.05) is 12.5 Å². The highest BCUT2D eigenvalue weighted by molar-refractivity contribution is 6.31. The van der Waals surface area contributed by atoms with Crippen molar-refractivity contribution in [2.45, 2.75) is 0 Å². The van der Waals surface area contributed by atoms with Crippen LogP contribution in [0, 0.1) is 0 Å². The molecule has 1 heterocycles. The molecule has 0 unspecified atom stereocenters. The Morgan fingerprint density at radius 2 is 2.09 bits per heavy atom. The van der Waals surface area contributed by atoms with E-state index in [1.165, 1.54) is 7.11 Å². The number of nitrogens with zero attached hydrogens (tertiary/aromatic N) is 2. The Labute approximate surface area is 138 Å². The summed E-state index contributed by atoms with van der Waals surface area (Å²) >= 11 is 5.97. The Kier molecular flexibility index (Phi) is 4.30. The number of aromatic hydroxyl groups is 1. The van der Waals surface area contributed by atoms with Crippen LogP contribution in [0.15, 0.2) is 53.8 Å². The van der Waals surface area contributed by atoms with Crippen molar-refractivity contribution in [2.24, 2.45) is 5.10 Å². The van der Waals surface area contributed by atoms with Crippen molar-refractivity contribution < 1.29 is 9.84 Å². The molecular formula is C17H14ClN3O2. The quantitative estimate of drug-likeness (QED) is 0.560. The molecule has 6 heteroatoms. The molecule has 0 bridgehead atoms. The number of rotatable bonds is 4. The van der Waals surface area contributed by atoms with E-state index in [4.69, 9.17) is 16.3 Å². The Balaban J connectivity index is 1.83. The second kappa shape index (κ2) is 6.54. The number of pyridine rings is 1. The number of halogens is 1. The Bertz CT molecular complexity index is 881. The number of phenolic OH excluding ortho intramolecular Hbond substituents is 1. The third-order valence-corrected chi connectivity index (χ3v) is 3.54. The van der Waals surface area contributed by atoms with Crippen molar-refractivity contribution in [3.05, 3.63) is 59.2 Å². The van der Waals surface area contributed by atoms with E-state index >= 15 is 0 Å². The molecule has 1 aromatic heterocycles. The third kappa shape index (κ3) is 3.35. The molecule has 0 fully saturated rings. The van der Waals surface area contributed by atoms with Crippen molar-refractivity contribution in [3.63, 3.8) is 0 Å². The zero-order chi connectivity index (χ0) is 16.2. The number of nitrogens with one attached hydrogen (secondary N) is 1. The number of hydrazone groups is 1. The topological polar surface area (TPSA) is 66.7 Å². The molecule has 3 rings (SSSR count). The Morgan fingerprint density at radius 3 is 2.91 bits per heavy atom. The maximum Gasteiger partial charge on any atom is 0.161 e. The van der Waals surface area contributed by atoms with Gasteiger partial charge >= 0.3 is 0 Å². The summed E-state index contributed by atoms with van der Waals surface area (Å²) in [5.41, 5.74) is 5.41. The SMILES string of the molecule is COc1cc(C=NNc2ccnc3cc(Cl)ccc23)ccc1O. The van der Waals surface area contributed by atoms with Crippen molar-refractivity contribution in [3.8, 4) is 11.5 Å². The van der Waals surface area contributed by atoms with E-state index in [0.717, 1.165) is 22.2 Å². The van der Waals surface area contributed by atoms with Gasteiger partial charge in [-0.25, -0.2) is 0 Å². The summed E-state index contributed by atoms with van der Waals surface area (Å²) in [5.74, 6) is 0.493. The number of phenols is 1. The lowest BCUT2D eigenvalue weighted by molar-refractivity contribution is 0.373. The van der Waals surface area contributed by atoms with Gasteiger partial charge in [0.1, 0.15) is 0 Å². The summed E-state index contributed by atoms with van der Waals surface area (Å²) in [6.45, 7) is 0. The molecule has 0 saturated carbocycles. The smallest absolute Gasteiger partial charge is 0.161 e. The first-order valence-corrected chi connectivity index (χ1v) is 7.25. The molecule has 0 aliphatic carbocycles. The second-order valence-corrected chi connectivity index (χ2v) is 5.26. The molecule has 0 spiro atoms. The van der Waals surface area contributed by atoms with Crippen molar-refractivity contribution in [1.29, 1.82) is 0 Å². The molecule has 2 aromatic carbocycles. The minimum absolute atomic E-state index is 0.0922. The van der Waals surface area contributed by atoms with Gasteiger partial charge in [-0.2, -0.15) is 5.10 Å². The molecule has 0 radical (unpaired) electrons. The summed E-state index contributed by atoms with van der Waals surface area (Å²) < 4.78 is 5.07. The summed E-state index contributed by atoms with van der Waals surface area (Å²) in [7, 11) is 1.50. The highest BCUT2D eigenvalue weighted by Gasteiger charge is 2.03. The van der Waals surface area contributed by atoms with Crippen LogP contribution in [0.4, 0.5) is 5.69 Å². The van der Waals surface area contributed by atoms with Crippen LogP contribution in [-0.2, 0) is 0 Å². The van der Waals surface area contributed by atoms with Crippen LogP contribution in [0.1, 0.15) is 5.56 Å². The fraction of sp³-hybridized carbons (Fsp3) is 0.0588. The Hall–Kier alpha value is -2.79. The lowest BCUT2D eigenvalue weighted by Gasteiger charge is -2.06. The molecule has 0 aliphatic rings. The number of hydrogen-bond donors (Lipinski definition) is 2. The molecule has 5 nitrogen and oxygen atoms in total. The second-order valence-electron chi connectivity index (χ2n) is 4.82. The maximum atomic E-state index is 9.58. The lowest BCUT2D eigenvalue weighted by atomic mass is 10.2. The van der Waals surface area contributed by atoms with Gasteiger partial charge in [0, 0.05) is 16.6 Å². The van der Waals surface area contributed by atoms with Gasteiger partial charge in [-0.15, -0.1) is 0 Å². The average molecular weight is 328 g/mol. The molecule has 0 aliphatic heterocycles. The van der Waals surface area contributed by atoms with Gasteiger partial charge in [0.05, 0.1) is 24.5 Å². The maximum absolute atomic E-state index is 9.58. The minimum atomic E-state index is 0.0922. The van der Waals surface area contributed by atoms with Crippen LogP contribution in [-0.4, -0.2) is 23.4 Å². The monoisotopic (exact) mass is 327 g/mol. The van der Waals surface area contributed by atoms with Crippen LogP contribution in [0.5, 0.6) is 11.5 Å². The molecule has 2 N–H and O–H groups in total. The van der Waals surface area contributed by atoms with Gasteiger partial charge in [-0.1, -0.05) is 11.6 Å². The van der Waals surface area contributed by atoms with Gasteiger partial charge < -0.3 is 9.84 Å². The van der Waals surface area contributed by atoms with E-state index in [2.05, 4.69) is 15.5 Å². The number of anilines is 1. The van der Waals surface area contributed by atoms with Crippen molar-refractivity contribution >= 4 is 34.4 Å². The van der Waals surface area contributed by atoms with Gasteiger partial charge in [-0.3, -0.25) is 10.4 Å². The van der Waals surface area contributed by atoms with E-state index < -0.39 is 0 Å². The fourth-order valence-electron chi connectivity index (χ4n) is 2.17. The average Bonchev–Trinajstić information content (AvgIpc) is 2.56. The van der Waals surface area contributed by atoms with Gasteiger partial charge in [0.15, 0.2) is 11.5 Å². The van der Waals surface area contributed by atoms with Gasteiger partial charge in [0.25, 0.3) is 0 Å². The molecule has 23 heavy (non-hydrogen) atoms. The first-order chi connectivity index (χ1) is 11.2. The van der Waals surface area contributed by atoms with Crippen LogP contribution in [0.2, 0.25) is 5.02 Å². The number of benzene rings is 2. The molecule has 0 saturated heterocycles. The standard InChI is InChI=1S/C17H14ClN3O2/c1-23-17-8-11(2-5-16(17)22)10-20-21-14-6-7-19-15-9-12(18)3-4-13(14)15/h2-10,22H,1H3,(H,19,21). The van der Waals surface area contributed by atoms with Crippen LogP contribution >= 0.6 is 11.6 Å².